The summed E-state index contributed by atoms with van der Waals surface area (Å²) in [6.45, 7) is 3.13. The highest BCUT2D eigenvalue weighted by molar-refractivity contribution is 7.92. The van der Waals surface area contributed by atoms with E-state index in [0.29, 0.717) is 5.76 Å². The quantitative estimate of drug-likeness (QED) is 0.936. The number of amides is 1. The molecule has 5 nitrogen and oxygen atoms in total. The first kappa shape index (κ1) is 14.6. The Morgan fingerprint density at radius 2 is 1.90 bits per heavy atom. The second kappa shape index (κ2) is 5.28. The number of carbonyl (C=O) groups is 1. The summed E-state index contributed by atoms with van der Waals surface area (Å²) in [5.74, 6) is 0.0701. The summed E-state index contributed by atoms with van der Waals surface area (Å²) in [4.78, 5) is 11.9. The molecular formula is C14H17NO4S. The van der Waals surface area contributed by atoms with Crippen molar-refractivity contribution in [2.24, 2.45) is 0 Å². The van der Waals surface area contributed by atoms with Gasteiger partial charge >= 0.3 is 0 Å². The molecule has 0 fully saturated rings. The standard InChI is InChI=1S/C14H17NO4S/c1-9(15-14(16)10(2)20(3,17)18)13-8-11-6-4-5-7-12(11)19-13/h4-10H,1-3H3,(H,15,16)/t9-,10+/m1/s1. The molecule has 0 saturated carbocycles. The minimum atomic E-state index is -3.40. The average Bonchev–Trinajstić information content (AvgIpc) is 2.80. The van der Waals surface area contributed by atoms with Gasteiger partial charge in [0.1, 0.15) is 16.6 Å². The molecule has 0 aliphatic rings. The molecule has 2 atom stereocenters. The zero-order chi connectivity index (χ0) is 14.9. The van der Waals surface area contributed by atoms with Crippen LogP contribution in [0.4, 0.5) is 0 Å². The van der Waals surface area contributed by atoms with E-state index in [1.165, 1.54) is 6.92 Å². The largest absolute Gasteiger partial charge is 0.459 e. The third kappa shape index (κ3) is 3.01. The van der Waals surface area contributed by atoms with Crippen LogP contribution in [-0.2, 0) is 14.6 Å². The lowest BCUT2D eigenvalue weighted by molar-refractivity contribution is -0.121. The van der Waals surface area contributed by atoms with Crippen LogP contribution in [0.25, 0.3) is 11.0 Å². The fraction of sp³-hybridized carbons (Fsp3) is 0.357. The normalized spacial score (nSPS) is 14.9. The molecule has 0 unspecified atom stereocenters. The van der Waals surface area contributed by atoms with Crippen LogP contribution in [-0.4, -0.2) is 25.8 Å². The summed E-state index contributed by atoms with van der Waals surface area (Å²) in [7, 11) is -3.40. The molecule has 0 bridgehead atoms. The van der Waals surface area contributed by atoms with Gasteiger partial charge in [0.25, 0.3) is 0 Å². The molecule has 1 aromatic carbocycles. The van der Waals surface area contributed by atoms with Crippen LogP contribution in [0.15, 0.2) is 34.7 Å². The predicted molar refractivity (Wildman–Crippen MR) is 77.1 cm³/mol. The fourth-order valence-electron chi connectivity index (χ4n) is 1.81. The number of rotatable bonds is 4. The van der Waals surface area contributed by atoms with E-state index in [9.17, 15) is 13.2 Å². The van der Waals surface area contributed by atoms with E-state index in [1.807, 2.05) is 30.3 Å². The molecule has 1 amide bonds. The molecule has 0 saturated heterocycles. The SMILES string of the molecule is C[C@@H](NC(=O)[C@H](C)S(C)(=O)=O)c1cc2ccccc2o1. The van der Waals surface area contributed by atoms with E-state index in [1.54, 1.807) is 6.92 Å². The number of hydrogen-bond donors (Lipinski definition) is 1. The van der Waals surface area contributed by atoms with E-state index in [4.69, 9.17) is 4.42 Å². The Balaban J connectivity index is 2.16. The molecule has 0 aliphatic heterocycles. The summed E-state index contributed by atoms with van der Waals surface area (Å²) >= 11 is 0. The van der Waals surface area contributed by atoms with Crippen molar-refractivity contribution in [3.05, 3.63) is 36.1 Å². The molecule has 20 heavy (non-hydrogen) atoms. The minimum absolute atomic E-state index is 0.390. The van der Waals surface area contributed by atoms with Gasteiger partial charge in [-0.1, -0.05) is 18.2 Å². The van der Waals surface area contributed by atoms with Crippen LogP contribution in [0.2, 0.25) is 0 Å². The van der Waals surface area contributed by atoms with Crippen LogP contribution in [0.1, 0.15) is 25.6 Å². The van der Waals surface area contributed by atoms with Crippen LogP contribution in [0, 0.1) is 0 Å². The number of carbonyl (C=O) groups excluding carboxylic acids is 1. The third-order valence-corrected chi connectivity index (χ3v) is 4.74. The molecule has 0 aliphatic carbocycles. The highest BCUT2D eigenvalue weighted by Crippen LogP contribution is 2.23. The Morgan fingerprint density at radius 3 is 2.50 bits per heavy atom. The molecule has 2 rings (SSSR count). The maximum absolute atomic E-state index is 11.9. The van der Waals surface area contributed by atoms with E-state index in [2.05, 4.69) is 5.32 Å². The number of nitrogens with one attached hydrogen (secondary N) is 1. The number of hydrogen-bond acceptors (Lipinski definition) is 4. The maximum Gasteiger partial charge on any atom is 0.238 e. The van der Waals surface area contributed by atoms with E-state index in [-0.39, 0.29) is 6.04 Å². The molecule has 108 valence electrons. The van der Waals surface area contributed by atoms with Gasteiger partial charge < -0.3 is 9.73 Å². The lowest BCUT2D eigenvalue weighted by atomic mass is 10.2. The van der Waals surface area contributed by atoms with Gasteiger partial charge in [0.2, 0.25) is 5.91 Å². The summed E-state index contributed by atoms with van der Waals surface area (Å²) in [6, 6.07) is 8.97. The molecule has 1 N–H and O–H groups in total. The Kier molecular flexibility index (Phi) is 3.85. The number of fused-ring (bicyclic) bond motifs is 1. The molecule has 2 aromatic rings. The molecule has 1 aromatic heterocycles. The lowest BCUT2D eigenvalue weighted by Crippen LogP contribution is -2.38. The first-order chi connectivity index (χ1) is 9.29. The van der Waals surface area contributed by atoms with E-state index in [0.717, 1.165) is 17.2 Å². The van der Waals surface area contributed by atoms with Gasteiger partial charge in [0, 0.05) is 11.6 Å². The Bertz CT molecular complexity index is 699. The highest BCUT2D eigenvalue weighted by atomic mass is 32.2. The van der Waals surface area contributed by atoms with Crippen LogP contribution < -0.4 is 5.32 Å². The Labute approximate surface area is 117 Å². The van der Waals surface area contributed by atoms with Crippen molar-refractivity contribution in [2.45, 2.75) is 25.1 Å². The Hall–Kier alpha value is -1.82. The van der Waals surface area contributed by atoms with E-state index < -0.39 is 21.0 Å². The second-order valence-electron chi connectivity index (χ2n) is 4.89. The summed E-state index contributed by atoms with van der Waals surface area (Å²) in [5.41, 5.74) is 0.736. The van der Waals surface area contributed by atoms with Crippen molar-refractivity contribution >= 4 is 26.7 Å². The van der Waals surface area contributed by atoms with Crippen molar-refractivity contribution in [2.75, 3.05) is 6.26 Å². The molecular weight excluding hydrogens is 278 g/mol. The van der Waals surface area contributed by atoms with Crippen molar-refractivity contribution < 1.29 is 17.6 Å². The van der Waals surface area contributed by atoms with Crippen LogP contribution >= 0.6 is 0 Å². The van der Waals surface area contributed by atoms with Crippen LogP contribution in [0.5, 0.6) is 0 Å². The van der Waals surface area contributed by atoms with Gasteiger partial charge in [-0.05, 0) is 26.0 Å². The van der Waals surface area contributed by atoms with Crippen molar-refractivity contribution in [3.8, 4) is 0 Å². The smallest absolute Gasteiger partial charge is 0.238 e. The van der Waals surface area contributed by atoms with Gasteiger partial charge in [-0.15, -0.1) is 0 Å². The third-order valence-electron chi connectivity index (χ3n) is 3.24. The number of sulfone groups is 1. The monoisotopic (exact) mass is 295 g/mol. The summed E-state index contributed by atoms with van der Waals surface area (Å²) < 4.78 is 28.3. The van der Waals surface area contributed by atoms with Gasteiger partial charge in [-0.2, -0.15) is 0 Å². The highest BCUT2D eigenvalue weighted by Gasteiger charge is 2.25. The Morgan fingerprint density at radius 1 is 1.25 bits per heavy atom. The zero-order valence-corrected chi connectivity index (χ0v) is 12.4. The van der Waals surface area contributed by atoms with Crippen molar-refractivity contribution in [1.82, 2.24) is 5.32 Å². The zero-order valence-electron chi connectivity index (χ0n) is 11.6. The number of furan rings is 1. The summed E-state index contributed by atoms with van der Waals surface area (Å²) in [5, 5.41) is 2.52. The second-order valence-corrected chi connectivity index (χ2v) is 7.25. The average molecular weight is 295 g/mol. The van der Waals surface area contributed by atoms with Crippen LogP contribution in [0.3, 0.4) is 0 Å². The summed E-state index contributed by atoms with van der Waals surface area (Å²) in [6.07, 6.45) is 1.04. The number of benzene rings is 1. The van der Waals surface area contributed by atoms with E-state index >= 15 is 0 Å². The number of para-hydroxylation sites is 1. The van der Waals surface area contributed by atoms with Crippen molar-refractivity contribution in [3.63, 3.8) is 0 Å². The van der Waals surface area contributed by atoms with Gasteiger partial charge in [0.15, 0.2) is 9.84 Å². The lowest BCUT2D eigenvalue weighted by Gasteiger charge is -2.14. The topological polar surface area (TPSA) is 76.4 Å². The van der Waals surface area contributed by atoms with Gasteiger partial charge in [-0.25, -0.2) is 8.42 Å². The van der Waals surface area contributed by atoms with Crippen molar-refractivity contribution in [1.29, 1.82) is 0 Å². The van der Waals surface area contributed by atoms with Gasteiger partial charge in [0.05, 0.1) is 6.04 Å². The molecule has 6 heteroatoms. The molecule has 0 spiro atoms. The predicted octanol–water partition coefficient (Wildman–Crippen LogP) is 2.04. The first-order valence-electron chi connectivity index (χ1n) is 6.27. The minimum Gasteiger partial charge on any atom is -0.459 e. The van der Waals surface area contributed by atoms with Gasteiger partial charge in [-0.3, -0.25) is 4.79 Å². The first-order valence-corrected chi connectivity index (χ1v) is 8.22. The molecule has 0 radical (unpaired) electrons. The maximum atomic E-state index is 11.9. The molecule has 1 heterocycles. The fourth-order valence-corrected chi connectivity index (χ4v) is 2.27.